The van der Waals surface area contributed by atoms with Gasteiger partial charge in [0, 0.05) is 28.4 Å². The molecule has 1 heterocycles. The third kappa shape index (κ3) is 1.85. The van der Waals surface area contributed by atoms with E-state index in [1.54, 1.807) is 0 Å². The maximum atomic E-state index is 6.21. The van der Waals surface area contributed by atoms with E-state index in [-0.39, 0.29) is 18.4 Å². The van der Waals surface area contributed by atoms with Crippen molar-refractivity contribution in [3.8, 4) is 0 Å². The highest BCUT2D eigenvalue weighted by Gasteiger charge is 2.22. The van der Waals surface area contributed by atoms with Gasteiger partial charge in [0.2, 0.25) is 0 Å². The molecule has 2 aromatic rings. The Balaban J connectivity index is 0.00000108. The van der Waals surface area contributed by atoms with Crippen LogP contribution in [0, 0.1) is 0 Å². The molecule has 1 atom stereocenters. The summed E-state index contributed by atoms with van der Waals surface area (Å²) >= 11 is 0. The minimum Gasteiger partial charge on any atom is -0.398 e. The SMILES string of the molecule is Cl.Nc1c2c(nc3ccccc13)CCCC2N. The lowest BCUT2D eigenvalue weighted by molar-refractivity contribution is 0.564. The number of nitrogens with zero attached hydrogens (tertiary/aromatic N) is 1. The maximum Gasteiger partial charge on any atom is 0.0726 e. The van der Waals surface area contributed by atoms with Crippen LogP contribution in [0.5, 0.6) is 0 Å². The van der Waals surface area contributed by atoms with E-state index < -0.39 is 0 Å². The van der Waals surface area contributed by atoms with Crippen molar-refractivity contribution in [3.05, 3.63) is 35.5 Å². The van der Waals surface area contributed by atoms with E-state index in [0.29, 0.717) is 0 Å². The number of pyridine rings is 1. The number of nitrogens with two attached hydrogens (primary N) is 2. The Morgan fingerprint density at radius 2 is 2.00 bits per heavy atom. The second-order valence-electron chi connectivity index (χ2n) is 4.40. The molecule has 0 amide bonds. The van der Waals surface area contributed by atoms with Gasteiger partial charge in [-0.2, -0.15) is 0 Å². The van der Waals surface area contributed by atoms with Gasteiger partial charge in [0.05, 0.1) is 5.52 Å². The Labute approximate surface area is 107 Å². The van der Waals surface area contributed by atoms with Gasteiger partial charge in [0.1, 0.15) is 0 Å². The molecule has 1 unspecified atom stereocenters. The van der Waals surface area contributed by atoms with Gasteiger partial charge in [-0.15, -0.1) is 12.4 Å². The molecule has 90 valence electrons. The van der Waals surface area contributed by atoms with E-state index in [0.717, 1.165) is 47.1 Å². The molecule has 1 aromatic carbocycles. The number of aryl methyl sites for hydroxylation is 1. The van der Waals surface area contributed by atoms with Crippen LogP contribution in [-0.4, -0.2) is 4.98 Å². The first-order chi connectivity index (χ1) is 7.77. The van der Waals surface area contributed by atoms with Gasteiger partial charge in [-0.25, -0.2) is 0 Å². The molecule has 0 radical (unpaired) electrons. The van der Waals surface area contributed by atoms with Crippen molar-refractivity contribution in [2.24, 2.45) is 5.73 Å². The second-order valence-corrected chi connectivity index (χ2v) is 4.40. The average molecular weight is 250 g/mol. The first kappa shape index (κ1) is 12.1. The summed E-state index contributed by atoms with van der Waals surface area (Å²) < 4.78 is 0. The monoisotopic (exact) mass is 249 g/mol. The molecule has 1 aliphatic rings. The fourth-order valence-corrected chi connectivity index (χ4v) is 2.54. The zero-order valence-electron chi connectivity index (χ0n) is 9.52. The predicted molar refractivity (Wildman–Crippen MR) is 73.3 cm³/mol. The summed E-state index contributed by atoms with van der Waals surface area (Å²) in [5, 5.41) is 1.03. The lowest BCUT2D eigenvalue weighted by Crippen LogP contribution is -2.20. The van der Waals surface area contributed by atoms with E-state index >= 15 is 0 Å². The van der Waals surface area contributed by atoms with E-state index in [1.807, 2.05) is 24.3 Å². The summed E-state index contributed by atoms with van der Waals surface area (Å²) in [5.74, 6) is 0. The van der Waals surface area contributed by atoms with Crippen LogP contribution >= 0.6 is 12.4 Å². The lowest BCUT2D eigenvalue weighted by atomic mass is 9.89. The van der Waals surface area contributed by atoms with Gasteiger partial charge < -0.3 is 11.5 Å². The minimum absolute atomic E-state index is 0. The Morgan fingerprint density at radius 1 is 1.24 bits per heavy atom. The number of halogens is 1. The smallest absolute Gasteiger partial charge is 0.0726 e. The average Bonchev–Trinajstić information content (AvgIpc) is 2.29. The Morgan fingerprint density at radius 3 is 2.82 bits per heavy atom. The Kier molecular flexibility index (Phi) is 3.22. The highest BCUT2D eigenvalue weighted by atomic mass is 35.5. The molecule has 0 fully saturated rings. The van der Waals surface area contributed by atoms with E-state index in [9.17, 15) is 0 Å². The quantitative estimate of drug-likeness (QED) is 0.754. The topological polar surface area (TPSA) is 64.9 Å². The maximum absolute atomic E-state index is 6.21. The van der Waals surface area contributed by atoms with Crippen LogP contribution in [0.4, 0.5) is 5.69 Å². The number of benzene rings is 1. The number of para-hydroxylation sites is 1. The van der Waals surface area contributed by atoms with Crippen LogP contribution < -0.4 is 11.5 Å². The molecule has 3 nitrogen and oxygen atoms in total. The van der Waals surface area contributed by atoms with Crippen LogP contribution in [-0.2, 0) is 6.42 Å². The van der Waals surface area contributed by atoms with Crippen LogP contribution in [0.1, 0.15) is 30.1 Å². The summed E-state index contributed by atoms with van der Waals surface area (Å²) in [7, 11) is 0. The number of aromatic nitrogens is 1. The molecular weight excluding hydrogens is 234 g/mol. The van der Waals surface area contributed by atoms with Gasteiger partial charge in [0.25, 0.3) is 0 Å². The van der Waals surface area contributed by atoms with Crippen LogP contribution in [0.3, 0.4) is 0 Å². The van der Waals surface area contributed by atoms with Crippen LogP contribution in [0.15, 0.2) is 24.3 Å². The van der Waals surface area contributed by atoms with Crippen molar-refractivity contribution in [2.75, 3.05) is 5.73 Å². The van der Waals surface area contributed by atoms with Gasteiger partial charge in [0.15, 0.2) is 0 Å². The number of nitrogen functional groups attached to an aromatic ring is 1. The number of hydrogen-bond donors (Lipinski definition) is 2. The lowest BCUT2D eigenvalue weighted by Gasteiger charge is -2.24. The zero-order valence-corrected chi connectivity index (χ0v) is 10.3. The third-order valence-electron chi connectivity index (χ3n) is 3.35. The molecule has 0 bridgehead atoms. The molecule has 1 aromatic heterocycles. The van der Waals surface area contributed by atoms with Crippen molar-refractivity contribution in [1.29, 1.82) is 0 Å². The molecule has 4 heteroatoms. The van der Waals surface area contributed by atoms with E-state index in [4.69, 9.17) is 11.5 Å². The summed E-state index contributed by atoms with van der Waals surface area (Å²) in [4.78, 5) is 4.67. The minimum atomic E-state index is 0. The standard InChI is InChI=1S/C13H15N3.ClH/c14-9-5-3-7-11-12(9)13(15)8-4-1-2-6-10(8)16-11;/h1-2,4,6,9H,3,5,7,14H2,(H2,15,16);1H. The molecule has 0 saturated heterocycles. The molecule has 17 heavy (non-hydrogen) atoms. The number of anilines is 1. The van der Waals surface area contributed by atoms with Gasteiger partial charge in [-0.1, -0.05) is 18.2 Å². The molecule has 0 aliphatic heterocycles. The number of hydrogen-bond acceptors (Lipinski definition) is 3. The first-order valence-electron chi connectivity index (χ1n) is 5.70. The summed E-state index contributed by atoms with van der Waals surface area (Å²) in [5.41, 5.74) is 16.3. The van der Waals surface area contributed by atoms with Crippen molar-refractivity contribution >= 4 is 29.0 Å². The van der Waals surface area contributed by atoms with Gasteiger partial charge in [-0.05, 0) is 25.3 Å². The van der Waals surface area contributed by atoms with Gasteiger partial charge in [-0.3, -0.25) is 4.98 Å². The van der Waals surface area contributed by atoms with E-state index in [2.05, 4.69) is 4.98 Å². The molecule has 0 spiro atoms. The zero-order chi connectivity index (χ0) is 11.1. The van der Waals surface area contributed by atoms with Crippen LogP contribution in [0.25, 0.3) is 10.9 Å². The fraction of sp³-hybridized carbons (Fsp3) is 0.308. The fourth-order valence-electron chi connectivity index (χ4n) is 2.54. The second kappa shape index (κ2) is 4.51. The predicted octanol–water partition coefficient (Wildman–Crippen LogP) is 2.57. The molecule has 4 N–H and O–H groups in total. The van der Waals surface area contributed by atoms with Crippen molar-refractivity contribution in [2.45, 2.75) is 25.3 Å². The Hall–Kier alpha value is -1.32. The van der Waals surface area contributed by atoms with Gasteiger partial charge >= 0.3 is 0 Å². The third-order valence-corrected chi connectivity index (χ3v) is 3.35. The highest BCUT2D eigenvalue weighted by Crippen LogP contribution is 2.35. The summed E-state index contributed by atoms with van der Waals surface area (Å²) in [6.07, 6.45) is 3.12. The number of fused-ring (bicyclic) bond motifs is 2. The molecule has 0 saturated carbocycles. The van der Waals surface area contributed by atoms with Crippen molar-refractivity contribution in [3.63, 3.8) is 0 Å². The molecule has 3 rings (SSSR count). The molecular formula is C13H16ClN3. The normalized spacial score (nSPS) is 18.5. The van der Waals surface area contributed by atoms with Crippen molar-refractivity contribution < 1.29 is 0 Å². The van der Waals surface area contributed by atoms with Crippen molar-refractivity contribution in [1.82, 2.24) is 4.98 Å². The van der Waals surface area contributed by atoms with Crippen LogP contribution in [0.2, 0.25) is 0 Å². The summed E-state index contributed by atoms with van der Waals surface area (Å²) in [6, 6.07) is 8.05. The first-order valence-corrected chi connectivity index (χ1v) is 5.70. The highest BCUT2D eigenvalue weighted by molar-refractivity contribution is 5.92. The largest absolute Gasteiger partial charge is 0.398 e. The molecule has 1 aliphatic carbocycles. The summed E-state index contributed by atoms with van der Waals surface area (Å²) in [6.45, 7) is 0. The van der Waals surface area contributed by atoms with E-state index in [1.165, 1.54) is 0 Å². The number of rotatable bonds is 0. The Bertz CT molecular complexity index is 554.